The molecule has 1 unspecified atom stereocenters. The third-order valence-electron chi connectivity index (χ3n) is 2.63. The van der Waals surface area contributed by atoms with Crippen molar-refractivity contribution in [2.75, 3.05) is 0 Å². The molecule has 0 saturated heterocycles. The third kappa shape index (κ3) is 2.47. The fourth-order valence-corrected chi connectivity index (χ4v) is 1.87. The average molecular weight is 241 g/mol. The van der Waals surface area contributed by atoms with Crippen LogP contribution in [0.2, 0.25) is 5.02 Å². The summed E-state index contributed by atoms with van der Waals surface area (Å²) in [4.78, 5) is 11.0. The molecule has 0 amide bonds. The molecule has 0 aliphatic heterocycles. The summed E-state index contributed by atoms with van der Waals surface area (Å²) in [6, 6.07) is 5.34. The highest BCUT2D eigenvalue weighted by Crippen LogP contribution is 2.36. The number of rotatable bonds is 4. The minimum atomic E-state index is -0.917. The van der Waals surface area contributed by atoms with Gasteiger partial charge in [0.15, 0.2) is 6.10 Å². The van der Waals surface area contributed by atoms with Crippen LogP contribution in [-0.2, 0) is 4.79 Å². The molecular formula is C12H13ClO3. The van der Waals surface area contributed by atoms with Gasteiger partial charge in [0.05, 0.1) is 5.02 Å². The Hall–Kier alpha value is -1.22. The van der Waals surface area contributed by atoms with E-state index < -0.39 is 12.1 Å². The minimum Gasteiger partial charge on any atom is -0.478 e. The van der Waals surface area contributed by atoms with Gasteiger partial charge in [-0.05, 0) is 37.5 Å². The van der Waals surface area contributed by atoms with Crippen molar-refractivity contribution in [2.24, 2.45) is 5.92 Å². The van der Waals surface area contributed by atoms with Crippen LogP contribution in [0.15, 0.2) is 18.2 Å². The first-order valence-electron chi connectivity index (χ1n) is 5.23. The molecule has 1 atom stereocenters. The highest BCUT2D eigenvalue weighted by atomic mass is 35.5. The number of benzene rings is 1. The van der Waals surface area contributed by atoms with Crippen molar-refractivity contribution in [3.63, 3.8) is 0 Å². The second-order valence-corrected chi connectivity index (χ2v) is 4.56. The van der Waals surface area contributed by atoms with Gasteiger partial charge >= 0.3 is 5.97 Å². The molecule has 1 saturated carbocycles. The zero-order chi connectivity index (χ0) is 11.7. The van der Waals surface area contributed by atoms with Crippen molar-refractivity contribution in [2.45, 2.75) is 25.9 Å². The fourth-order valence-electron chi connectivity index (χ4n) is 1.59. The summed E-state index contributed by atoms with van der Waals surface area (Å²) in [6.07, 6.45) is 1.07. The lowest BCUT2D eigenvalue weighted by Crippen LogP contribution is -2.29. The molecule has 0 heterocycles. The quantitative estimate of drug-likeness (QED) is 0.880. The maximum absolute atomic E-state index is 11.0. The maximum atomic E-state index is 11.0. The average Bonchev–Trinajstić information content (AvgIpc) is 2.99. The molecule has 1 aromatic carbocycles. The first-order chi connectivity index (χ1) is 7.58. The van der Waals surface area contributed by atoms with E-state index in [0.29, 0.717) is 10.8 Å². The Kier molecular flexibility index (Phi) is 3.06. The zero-order valence-electron chi connectivity index (χ0n) is 8.94. The van der Waals surface area contributed by atoms with Crippen molar-refractivity contribution in [1.82, 2.24) is 0 Å². The largest absolute Gasteiger partial charge is 0.478 e. The molecular weight excluding hydrogens is 228 g/mol. The minimum absolute atomic E-state index is 0.134. The number of carboxylic acid groups (broad SMARTS) is 1. The number of carbonyl (C=O) groups is 1. The molecule has 1 aliphatic rings. The molecule has 16 heavy (non-hydrogen) atoms. The monoisotopic (exact) mass is 240 g/mol. The van der Waals surface area contributed by atoms with Crippen molar-refractivity contribution in [1.29, 1.82) is 0 Å². The number of halogens is 1. The Morgan fingerprint density at radius 3 is 2.75 bits per heavy atom. The normalized spacial score (nSPS) is 16.9. The summed E-state index contributed by atoms with van der Waals surface area (Å²) in [5.41, 5.74) is 1.02. The zero-order valence-corrected chi connectivity index (χ0v) is 9.70. The highest BCUT2D eigenvalue weighted by Gasteiger charge is 2.38. The van der Waals surface area contributed by atoms with Crippen molar-refractivity contribution in [3.05, 3.63) is 28.8 Å². The molecule has 3 nitrogen and oxygen atoms in total. The number of aliphatic carboxylic acids is 1. The molecule has 1 N–H and O–H groups in total. The van der Waals surface area contributed by atoms with Gasteiger partial charge in [-0.15, -0.1) is 0 Å². The van der Waals surface area contributed by atoms with E-state index in [1.165, 1.54) is 0 Å². The lowest BCUT2D eigenvalue weighted by Gasteiger charge is -2.15. The maximum Gasteiger partial charge on any atom is 0.345 e. The molecule has 2 rings (SSSR count). The summed E-state index contributed by atoms with van der Waals surface area (Å²) in [6.45, 7) is 1.92. The predicted molar refractivity (Wildman–Crippen MR) is 61.0 cm³/mol. The van der Waals surface area contributed by atoms with Crippen molar-refractivity contribution >= 4 is 17.6 Å². The van der Waals surface area contributed by atoms with E-state index in [2.05, 4.69) is 0 Å². The standard InChI is InChI=1S/C12H13ClO3/c1-7-2-5-10(9(13)6-7)16-11(12(14)15)8-3-4-8/h2,5-6,8,11H,3-4H2,1H3,(H,14,15). The van der Waals surface area contributed by atoms with Crippen LogP contribution in [0, 0.1) is 12.8 Å². The molecule has 86 valence electrons. The Labute approximate surface area is 99.0 Å². The van der Waals surface area contributed by atoms with Crippen LogP contribution in [-0.4, -0.2) is 17.2 Å². The fraction of sp³-hybridized carbons (Fsp3) is 0.417. The Bertz CT molecular complexity index is 413. The number of ether oxygens (including phenoxy) is 1. The van der Waals surface area contributed by atoms with Gasteiger partial charge in [0.2, 0.25) is 0 Å². The molecule has 0 bridgehead atoms. The van der Waals surface area contributed by atoms with E-state index in [4.69, 9.17) is 21.4 Å². The van der Waals surface area contributed by atoms with Gasteiger partial charge < -0.3 is 9.84 Å². The van der Waals surface area contributed by atoms with Gasteiger partial charge in [0.1, 0.15) is 5.75 Å². The molecule has 4 heteroatoms. The number of aryl methyl sites for hydroxylation is 1. The van der Waals surface area contributed by atoms with E-state index in [-0.39, 0.29) is 5.92 Å². The van der Waals surface area contributed by atoms with Gasteiger partial charge in [-0.1, -0.05) is 17.7 Å². The highest BCUT2D eigenvalue weighted by molar-refractivity contribution is 6.32. The number of hydrogen-bond donors (Lipinski definition) is 1. The first-order valence-corrected chi connectivity index (χ1v) is 5.61. The summed E-state index contributed by atoms with van der Waals surface area (Å²) in [5.74, 6) is -0.333. The van der Waals surface area contributed by atoms with Crippen LogP contribution < -0.4 is 4.74 Å². The molecule has 1 aliphatic carbocycles. The molecule has 0 aromatic heterocycles. The van der Waals surface area contributed by atoms with Crippen LogP contribution in [0.5, 0.6) is 5.75 Å². The number of hydrogen-bond acceptors (Lipinski definition) is 2. The summed E-state index contributed by atoms with van der Waals surface area (Å²) in [7, 11) is 0. The van der Waals surface area contributed by atoms with Crippen LogP contribution >= 0.6 is 11.6 Å². The van der Waals surface area contributed by atoms with Gasteiger partial charge in [-0.25, -0.2) is 4.79 Å². The van der Waals surface area contributed by atoms with E-state index in [1.54, 1.807) is 12.1 Å². The predicted octanol–water partition coefficient (Wildman–Crippen LogP) is 2.89. The van der Waals surface area contributed by atoms with Gasteiger partial charge in [0, 0.05) is 5.92 Å². The SMILES string of the molecule is Cc1ccc(OC(C(=O)O)C2CC2)c(Cl)c1. The lowest BCUT2D eigenvalue weighted by atomic mass is 10.2. The molecule has 1 aromatic rings. The molecule has 0 spiro atoms. The van der Waals surface area contributed by atoms with E-state index in [0.717, 1.165) is 18.4 Å². The van der Waals surface area contributed by atoms with Crippen LogP contribution in [0.3, 0.4) is 0 Å². The summed E-state index contributed by atoms with van der Waals surface area (Å²) >= 11 is 5.99. The third-order valence-corrected chi connectivity index (χ3v) is 2.93. The van der Waals surface area contributed by atoms with Gasteiger partial charge in [-0.3, -0.25) is 0 Å². The Balaban J connectivity index is 2.15. The van der Waals surface area contributed by atoms with Crippen molar-refractivity contribution in [3.8, 4) is 5.75 Å². The second kappa shape index (κ2) is 4.34. The van der Waals surface area contributed by atoms with E-state index in [1.807, 2.05) is 13.0 Å². The van der Waals surface area contributed by atoms with Crippen LogP contribution in [0.1, 0.15) is 18.4 Å². The lowest BCUT2D eigenvalue weighted by molar-refractivity contribution is -0.146. The van der Waals surface area contributed by atoms with Crippen LogP contribution in [0.4, 0.5) is 0 Å². The van der Waals surface area contributed by atoms with E-state index in [9.17, 15) is 4.79 Å². The topological polar surface area (TPSA) is 46.5 Å². The number of carboxylic acids is 1. The van der Waals surface area contributed by atoms with Gasteiger partial charge in [-0.2, -0.15) is 0 Å². The first kappa shape index (κ1) is 11.3. The molecule has 0 radical (unpaired) electrons. The molecule has 1 fully saturated rings. The van der Waals surface area contributed by atoms with Crippen LogP contribution in [0.25, 0.3) is 0 Å². The summed E-state index contributed by atoms with van der Waals surface area (Å²) < 4.78 is 5.45. The summed E-state index contributed by atoms with van der Waals surface area (Å²) in [5, 5.41) is 9.49. The second-order valence-electron chi connectivity index (χ2n) is 4.15. The van der Waals surface area contributed by atoms with Gasteiger partial charge in [0.25, 0.3) is 0 Å². The van der Waals surface area contributed by atoms with Crippen molar-refractivity contribution < 1.29 is 14.6 Å². The smallest absolute Gasteiger partial charge is 0.345 e. The van der Waals surface area contributed by atoms with E-state index >= 15 is 0 Å². The Morgan fingerprint density at radius 1 is 1.56 bits per heavy atom. The Morgan fingerprint density at radius 2 is 2.25 bits per heavy atom.